The number of aryl methyl sites for hydroxylation is 1. The maximum atomic E-state index is 13.7. The lowest BCUT2D eigenvalue weighted by Crippen LogP contribution is -2.44. The molecule has 25 heavy (non-hydrogen) atoms. The van der Waals surface area contributed by atoms with Gasteiger partial charge in [0.15, 0.2) is 6.61 Å². The molecule has 0 fully saturated rings. The Balaban J connectivity index is 1.99. The van der Waals surface area contributed by atoms with Gasteiger partial charge in [-0.25, -0.2) is 17.2 Å². The molecule has 134 valence electrons. The summed E-state index contributed by atoms with van der Waals surface area (Å²) in [7, 11) is -4.45. The van der Waals surface area contributed by atoms with Crippen LogP contribution in [0.25, 0.3) is 0 Å². The first-order valence-corrected chi connectivity index (χ1v) is 9.11. The van der Waals surface area contributed by atoms with Crippen LogP contribution in [0.15, 0.2) is 45.8 Å². The number of hydrazine groups is 1. The van der Waals surface area contributed by atoms with Gasteiger partial charge >= 0.3 is 0 Å². The summed E-state index contributed by atoms with van der Waals surface area (Å²) in [6.07, 6.45) is 0. The molecule has 0 atom stereocenters. The Morgan fingerprint density at radius 1 is 1.24 bits per heavy atom. The molecule has 0 aliphatic heterocycles. The molecule has 0 aliphatic carbocycles. The number of ether oxygens (including phenoxy) is 1. The van der Waals surface area contributed by atoms with E-state index in [1.165, 1.54) is 0 Å². The lowest BCUT2D eigenvalue weighted by atomic mass is 10.2. The second kappa shape index (κ2) is 7.89. The average molecular weight is 435 g/mol. The second-order valence-corrected chi connectivity index (χ2v) is 7.43. The van der Waals surface area contributed by atoms with Crippen molar-refractivity contribution in [1.82, 2.24) is 10.3 Å². The number of nitrogens with one attached hydrogen (secondary N) is 2. The Bertz CT molecular complexity index is 883. The van der Waals surface area contributed by atoms with Gasteiger partial charge in [0.2, 0.25) is 0 Å². The van der Waals surface area contributed by atoms with E-state index >= 15 is 0 Å². The zero-order valence-electron chi connectivity index (χ0n) is 12.8. The first kappa shape index (κ1) is 19.3. The zero-order valence-corrected chi connectivity index (χ0v) is 15.2. The minimum Gasteiger partial charge on any atom is -0.484 e. The lowest BCUT2D eigenvalue weighted by Gasteiger charge is -2.11. The van der Waals surface area contributed by atoms with Gasteiger partial charge in [-0.15, -0.1) is 4.83 Å². The van der Waals surface area contributed by atoms with E-state index in [1.54, 1.807) is 23.0 Å². The predicted molar refractivity (Wildman–Crippen MR) is 89.2 cm³/mol. The smallest absolute Gasteiger partial charge is 0.272 e. The molecule has 0 spiro atoms. The van der Waals surface area contributed by atoms with Crippen LogP contribution in [0.3, 0.4) is 0 Å². The Morgan fingerprint density at radius 2 is 1.96 bits per heavy atom. The fourth-order valence-electron chi connectivity index (χ4n) is 1.85. The molecular weight excluding hydrogens is 422 g/mol. The molecule has 2 aromatic carbocycles. The predicted octanol–water partition coefficient (Wildman–Crippen LogP) is 2.42. The largest absolute Gasteiger partial charge is 0.484 e. The van der Waals surface area contributed by atoms with Gasteiger partial charge < -0.3 is 4.74 Å². The van der Waals surface area contributed by atoms with E-state index in [0.29, 0.717) is 11.8 Å². The van der Waals surface area contributed by atoms with Crippen LogP contribution >= 0.6 is 15.9 Å². The van der Waals surface area contributed by atoms with Gasteiger partial charge in [-0.05, 0) is 46.6 Å². The van der Waals surface area contributed by atoms with Crippen LogP contribution in [-0.4, -0.2) is 20.9 Å². The summed E-state index contributed by atoms with van der Waals surface area (Å²) in [5, 5.41) is 0. The third-order valence-electron chi connectivity index (χ3n) is 2.92. The average Bonchev–Trinajstić information content (AvgIpc) is 2.50. The molecule has 0 heterocycles. The molecule has 0 saturated heterocycles. The first-order chi connectivity index (χ1) is 11.7. The van der Waals surface area contributed by atoms with Crippen LogP contribution in [0.2, 0.25) is 0 Å². The molecule has 2 aromatic rings. The Morgan fingerprint density at radius 3 is 2.60 bits per heavy atom. The highest BCUT2D eigenvalue weighted by molar-refractivity contribution is 9.10. The van der Waals surface area contributed by atoms with Crippen LogP contribution in [0.1, 0.15) is 5.56 Å². The molecule has 10 heteroatoms. The molecule has 0 saturated carbocycles. The van der Waals surface area contributed by atoms with Crippen molar-refractivity contribution in [3.63, 3.8) is 0 Å². The number of halogens is 3. The minimum absolute atomic E-state index is 0.317. The highest BCUT2D eigenvalue weighted by Crippen LogP contribution is 2.25. The fraction of sp³-hybridized carbons (Fsp3) is 0.133. The summed E-state index contributed by atoms with van der Waals surface area (Å²) >= 11 is 2.77. The zero-order chi connectivity index (χ0) is 18.6. The monoisotopic (exact) mass is 434 g/mol. The Kier molecular flexibility index (Phi) is 6.09. The van der Waals surface area contributed by atoms with E-state index in [-0.39, 0.29) is 4.47 Å². The summed E-state index contributed by atoms with van der Waals surface area (Å²) in [6.45, 7) is 1.38. The maximum Gasteiger partial charge on any atom is 0.272 e. The summed E-state index contributed by atoms with van der Waals surface area (Å²) in [4.78, 5) is 12.6. The number of benzene rings is 2. The molecule has 2 rings (SSSR count). The van der Waals surface area contributed by atoms with E-state index in [9.17, 15) is 22.0 Å². The molecule has 0 aromatic heterocycles. The van der Waals surface area contributed by atoms with Crippen molar-refractivity contribution in [2.24, 2.45) is 0 Å². The van der Waals surface area contributed by atoms with Crippen molar-refractivity contribution < 1.29 is 26.7 Å². The molecule has 2 N–H and O–H groups in total. The second-order valence-electron chi connectivity index (χ2n) is 4.96. The molecule has 0 radical (unpaired) electrons. The summed E-state index contributed by atoms with van der Waals surface area (Å²) in [6, 6.07) is 8.12. The SMILES string of the molecule is Cc1cccc(OCC(=O)NNS(=O)(=O)c2c(F)cc(F)cc2Br)c1. The third kappa shape index (κ3) is 5.21. The van der Waals surface area contributed by atoms with Crippen molar-refractivity contribution in [2.45, 2.75) is 11.8 Å². The summed E-state index contributed by atoms with van der Waals surface area (Å²) < 4.78 is 55.7. The van der Waals surface area contributed by atoms with Crippen LogP contribution in [0.5, 0.6) is 5.75 Å². The Hall–Kier alpha value is -2.04. The third-order valence-corrected chi connectivity index (χ3v) is 5.13. The van der Waals surface area contributed by atoms with Gasteiger partial charge in [0.25, 0.3) is 15.9 Å². The quantitative estimate of drug-likeness (QED) is 0.683. The van der Waals surface area contributed by atoms with E-state index in [1.807, 2.05) is 18.4 Å². The normalized spacial score (nSPS) is 11.2. The van der Waals surface area contributed by atoms with E-state index in [0.717, 1.165) is 11.6 Å². The Labute approximate surface area is 151 Å². The summed E-state index contributed by atoms with van der Waals surface area (Å²) in [5.41, 5.74) is 2.82. The number of carbonyl (C=O) groups excluding carboxylic acids is 1. The maximum absolute atomic E-state index is 13.7. The first-order valence-electron chi connectivity index (χ1n) is 6.84. The molecule has 0 unspecified atom stereocenters. The molecule has 0 aliphatic rings. The van der Waals surface area contributed by atoms with E-state index < -0.39 is 39.1 Å². The topological polar surface area (TPSA) is 84.5 Å². The van der Waals surface area contributed by atoms with Crippen LogP contribution in [0.4, 0.5) is 8.78 Å². The van der Waals surface area contributed by atoms with E-state index in [4.69, 9.17) is 4.74 Å². The van der Waals surface area contributed by atoms with Crippen molar-refractivity contribution in [3.05, 3.63) is 58.1 Å². The van der Waals surface area contributed by atoms with Crippen LogP contribution in [0, 0.1) is 18.6 Å². The highest BCUT2D eigenvalue weighted by Gasteiger charge is 2.24. The van der Waals surface area contributed by atoms with Gasteiger partial charge in [0.05, 0.1) is 0 Å². The van der Waals surface area contributed by atoms with Crippen LogP contribution in [-0.2, 0) is 14.8 Å². The number of amides is 1. The number of hydrogen-bond acceptors (Lipinski definition) is 4. The number of hydrogen-bond donors (Lipinski definition) is 2. The van der Waals surface area contributed by atoms with Crippen molar-refractivity contribution in [3.8, 4) is 5.75 Å². The van der Waals surface area contributed by atoms with Crippen molar-refractivity contribution in [2.75, 3.05) is 6.61 Å². The minimum atomic E-state index is -4.45. The van der Waals surface area contributed by atoms with Gasteiger partial charge in [-0.3, -0.25) is 10.2 Å². The number of rotatable bonds is 6. The van der Waals surface area contributed by atoms with Gasteiger partial charge in [-0.1, -0.05) is 12.1 Å². The highest BCUT2D eigenvalue weighted by atomic mass is 79.9. The lowest BCUT2D eigenvalue weighted by molar-refractivity contribution is -0.123. The number of sulfonamides is 1. The molecule has 1 amide bonds. The van der Waals surface area contributed by atoms with Gasteiger partial charge in [-0.2, -0.15) is 0 Å². The fourth-order valence-corrected chi connectivity index (χ4v) is 3.88. The van der Waals surface area contributed by atoms with Gasteiger partial charge in [0.1, 0.15) is 22.3 Å². The van der Waals surface area contributed by atoms with Crippen molar-refractivity contribution >= 4 is 31.9 Å². The van der Waals surface area contributed by atoms with Gasteiger partial charge in [0, 0.05) is 10.5 Å². The molecule has 6 nitrogen and oxygen atoms in total. The van der Waals surface area contributed by atoms with E-state index in [2.05, 4.69) is 15.9 Å². The molecule has 0 bridgehead atoms. The van der Waals surface area contributed by atoms with Crippen LogP contribution < -0.4 is 15.0 Å². The summed E-state index contributed by atoms with van der Waals surface area (Å²) in [5.74, 6) is -2.61. The standard InChI is InChI=1S/C15H13BrF2N2O4S/c1-9-3-2-4-11(5-9)24-8-14(21)19-20-25(22,23)15-12(16)6-10(17)7-13(15)18/h2-7,20H,8H2,1H3,(H,19,21). The van der Waals surface area contributed by atoms with Crippen molar-refractivity contribution in [1.29, 1.82) is 0 Å². The number of carbonyl (C=O) groups is 1. The molecular formula is C15H13BrF2N2O4S.